The number of alkyl halides is 6. The van der Waals surface area contributed by atoms with Gasteiger partial charge in [0.15, 0.2) is 17.2 Å². The fourth-order valence-electron chi connectivity index (χ4n) is 4.60. The van der Waals surface area contributed by atoms with Crippen LogP contribution in [0, 0.1) is 6.92 Å². The van der Waals surface area contributed by atoms with Crippen molar-refractivity contribution >= 4 is 34.6 Å². The summed E-state index contributed by atoms with van der Waals surface area (Å²) in [5.41, 5.74) is 3.45. The van der Waals surface area contributed by atoms with E-state index < -0.39 is 36.9 Å². The van der Waals surface area contributed by atoms with Gasteiger partial charge in [-0.15, -0.1) is 5.10 Å². The molecule has 5 rings (SSSR count). The molecule has 0 aliphatic carbocycles. The normalized spacial score (nSPS) is 15.3. The zero-order valence-corrected chi connectivity index (χ0v) is 26.4. The van der Waals surface area contributed by atoms with E-state index in [1.165, 1.54) is 52.3 Å². The van der Waals surface area contributed by atoms with E-state index in [0.717, 1.165) is 35.0 Å². The minimum atomic E-state index is -5.87. The Morgan fingerprint density at radius 2 is 1.71 bits per heavy atom. The number of amides is 2. The lowest BCUT2D eigenvalue weighted by molar-refractivity contribution is -0.360. The van der Waals surface area contributed by atoms with Gasteiger partial charge in [-0.2, -0.15) is 26.9 Å². The molecule has 2 amide bonds. The maximum atomic E-state index is 15.0. The summed E-state index contributed by atoms with van der Waals surface area (Å²) in [6.07, 6.45) is -12.7. The fourth-order valence-corrected chi connectivity index (χ4v) is 5.45. The third-order valence-corrected chi connectivity index (χ3v) is 7.98. The summed E-state index contributed by atoms with van der Waals surface area (Å²) < 4.78 is 88.6. The summed E-state index contributed by atoms with van der Waals surface area (Å²) in [6.45, 7) is 5.25. The first-order valence-electron chi connectivity index (χ1n) is 14.3. The Hall–Kier alpha value is -4.86. The predicted molar refractivity (Wildman–Crippen MR) is 166 cm³/mol. The van der Waals surface area contributed by atoms with E-state index in [1.54, 1.807) is 0 Å². The van der Waals surface area contributed by atoms with Gasteiger partial charge in [0.05, 0.1) is 17.1 Å². The molecular formula is C32H27F6N5O4S. The average molecular weight is 692 g/mol. The maximum absolute atomic E-state index is 15.0. The number of hydrogen-bond donors (Lipinski definition) is 0. The Labute approximate surface area is 274 Å². The fraction of sp³-hybridized carbons (Fsp3) is 0.281. The standard InChI is InChI=1S/C32H27F6N5O4S/c1-18(2)24-13-4-19(3)14-26(24)43-27(44)16-48-29(43)40-30(45)46-15-25(33)20-5-7-21(8-6-20)28-39-17-42(41-28)22-9-11-23(12-10-22)47-32(37,38)31(34,35)36/h4-14,17-18,25H,15-16H2,1-3H3. The summed E-state index contributed by atoms with van der Waals surface area (Å²) in [5.74, 6) is -0.524. The maximum Gasteiger partial charge on any atom is 0.499 e. The van der Waals surface area contributed by atoms with Crippen molar-refractivity contribution in [2.75, 3.05) is 17.3 Å². The smallest absolute Gasteiger partial charge is 0.444 e. The number of amidine groups is 1. The van der Waals surface area contributed by atoms with Crippen LogP contribution in [0.15, 0.2) is 78.0 Å². The third kappa shape index (κ3) is 7.64. The first kappa shape index (κ1) is 34.5. The molecule has 1 saturated heterocycles. The molecule has 1 aliphatic rings. The van der Waals surface area contributed by atoms with E-state index in [4.69, 9.17) is 4.74 Å². The van der Waals surface area contributed by atoms with Crippen molar-refractivity contribution in [2.45, 2.75) is 45.1 Å². The molecule has 1 unspecified atom stereocenters. The minimum Gasteiger partial charge on any atom is -0.444 e. The molecular weight excluding hydrogens is 664 g/mol. The van der Waals surface area contributed by atoms with Crippen LogP contribution in [0.3, 0.4) is 0 Å². The molecule has 9 nitrogen and oxygen atoms in total. The average Bonchev–Trinajstić information content (AvgIpc) is 3.66. The number of aryl methyl sites for hydroxylation is 1. The van der Waals surface area contributed by atoms with Crippen molar-refractivity contribution in [1.82, 2.24) is 14.8 Å². The van der Waals surface area contributed by atoms with Crippen molar-refractivity contribution in [2.24, 2.45) is 4.99 Å². The highest BCUT2D eigenvalue weighted by Crippen LogP contribution is 2.38. The van der Waals surface area contributed by atoms with Crippen molar-refractivity contribution in [3.63, 3.8) is 0 Å². The van der Waals surface area contributed by atoms with E-state index in [1.807, 2.05) is 39.0 Å². The number of carbonyl (C=O) groups excluding carboxylic acids is 2. The number of aromatic nitrogens is 3. The second-order valence-corrected chi connectivity index (χ2v) is 11.9. The van der Waals surface area contributed by atoms with Gasteiger partial charge in [0, 0.05) is 5.56 Å². The van der Waals surface area contributed by atoms with E-state index in [2.05, 4.69) is 19.8 Å². The molecule has 48 heavy (non-hydrogen) atoms. The SMILES string of the molecule is Cc1ccc(C(C)C)c(N2C(=O)CSC2=NC(=O)OCC(F)c2ccc(-c3ncn(-c4ccc(OC(F)(F)C(F)(F)F)cc4)n3)cc2)c1. The summed E-state index contributed by atoms with van der Waals surface area (Å²) in [5, 5.41) is 4.41. The van der Waals surface area contributed by atoms with E-state index >= 15 is 4.39 Å². The quantitative estimate of drug-likeness (QED) is 0.163. The van der Waals surface area contributed by atoms with Crippen LogP contribution in [-0.2, 0) is 9.53 Å². The van der Waals surface area contributed by atoms with Gasteiger partial charge in [0.2, 0.25) is 5.91 Å². The Balaban J connectivity index is 1.20. The van der Waals surface area contributed by atoms with Gasteiger partial charge < -0.3 is 9.47 Å². The first-order chi connectivity index (χ1) is 22.6. The molecule has 1 aliphatic heterocycles. The summed E-state index contributed by atoms with van der Waals surface area (Å²) >= 11 is 1.09. The van der Waals surface area contributed by atoms with Crippen LogP contribution >= 0.6 is 11.8 Å². The highest BCUT2D eigenvalue weighted by molar-refractivity contribution is 8.15. The topological polar surface area (TPSA) is 98.9 Å². The van der Waals surface area contributed by atoms with Crippen LogP contribution < -0.4 is 9.64 Å². The summed E-state index contributed by atoms with van der Waals surface area (Å²) in [6, 6.07) is 16.0. The lowest BCUT2D eigenvalue weighted by atomic mass is 9.99. The second-order valence-electron chi connectivity index (χ2n) is 10.9. The van der Waals surface area contributed by atoms with Crippen LogP contribution in [-0.4, -0.2) is 56.6 Å². The lowest BCUT2D eigenvalue weighted by Gasteiger charge is -2.22. The Morgan fingerprint density at radius 1 is 1.02 bits per heavy atom. The van der Waals surface area contributed by atoms with Gasteiger partial charge >= 0.3 is 18.4 Å². The number of thioether (sulfide) groups is 1. The zero-order chi connectivity index (χ0) is 34.8. The number of halogens is 6. The lowest BCUT2D eigenvalue weighted by Crippen LogP contribution is -2.41. The molecule has 0 spiro atoms. The van der Waals surface area contributed by atoms with Crippen LogP contribution in [0.25, 0.3) is 17.1 Å². The number of rotatable bonds is 9. The number of anilines is 1. The van der Waals surface area contributed by atoms with Crippen molar-refractivity contribution < 1.29 is 45.4 Å². The van der Waals surface area contributed by atoms with E-state index in [9.17, 15) is 31.5 Å². The van der Waals surface area contributed by atoms with Crippen molar-refractivity contribution in [3.05, 3.63) is 89.7 Å². The highest BCUT2D eigenvalue weighted by Gasteiger charge is 2.61. The number of aliphatic imine (C=N–C) groups is 1. The van der Waals surface area contributed by atoms with Crippen LogP contribution in [0.2, 0.25) is 0 Å². The molecule has 0 bridgehead atoms. The Kier molecular flexibility index (Phi) is 9.84. The van der Waals surface area contributed by atoms with Gasteiger partial charge in [-0.25, -0.2) is 18.9 Å². The Morgan fingerprint density at radius 3 is 2.35 bits per heavy atom. The highest BCUT2D eigenvalue weighted by atomic mass is 32.2. The molecule has 3 aromatic carbocycles. The predicted octanol–water partition coefficient (Wildman–Crippen LogP) is 8.18. The molecule has 2 heterocycles. The summed E-state index contributed by atoms with van der Waals surface area (Å²) in [7, 11) is 0. The van der Waals surface area contributed by atoms with Gasteiger partial charge in [-0.1, -0.05) is 62.0 Å². The van der Waals surface area contributed by atoms with Crippen LogP contribution in [0.1, 0.15) is 42.6 Å². The van der Waals surface area contributed by atoms with Gasteiger partial charge in [-0.3, -0.25) is 9.69 Å². The van der Waals surface area contributed by atoms with Crippen LogP contribution in [0.5, 0.6) is 5.75 Å². The zero-order valence-electron chi connectivity index (χ0n) is 25.5. The third-order valence-electron chi connectivity index (χ3n) is 7.05. The van der Waals surface area contributed by atoms with Gasteiger partial charge in [0.1, 0.15) is 18.7 Å². The monoisotopic (exact) mass is 691 g/mol. The molecule has 252 valence electrons. The number of nitrogens with zero attached hydrogens (tertiary/aromatic N) is 5. The van der Waals surface area contributed by atoms with E-state index in [-0.39, 0.29) is 34.1 Å². The molecule has 4 aromatic rings. The molecule has 0 radical (unpaired) electrons. The molecule has 0 N–H and O–H groups in total. The first-order valence-corrected chi connectivity index (χ1v) is 15.3. The largest absolute Gasteiger partial charge is 0.499 e. The number of ether oxygens (including phenoxy) is 2. The number of benzene rings is 3. The molecule has 16 heteroatoms. The number of carbonyl (C=O) groups is 2. The summed E-state index contributed by atoms with van der Waals surface area (Å²) in [4.78, 5) is 34.8. The molecule has 1 fully saturated rings. The van der Waals surface area contributed by atoms with Crippen molar-refractivity contribution in [1.29, 1.82) is 0 Å². The van der Waals surface area contributed by atoms with E-state index in [0.29, 0.717) is 16.9 Å². The van der Waals surface area contributed by atoms with Crippen molar-refractivity contribution in [3.8, 4) is 22.8 Å². The molecule has 1 aromatic heterocycles. The molecule has 1 atom stereocenters. The second kappa shape index (κ2) is 13.7. The minimum absolute atomic E-state index is 0.0941. The molecule has 0 saturated carbocycles. The van der Waals surface area contributed by atoms with Crippen LogP contribution in [0.4, 0.5) is 36.8 Å². The van der Waals surface area contributed by atoms with Gasteiger partial charge in [0.25, 0.3) is 0 Å². The Bertz CT molecular complexity index is 1830. The number of hydrogen-bond acceptors (Lipinski definition) is 7. The van der Waals surface area contributed by atoms with Gasteiger partial charge in [-0.05, 0) is 59.9 Å².